The molecule has 2 heterocycles. The highest BCUT2D eigenvalue weighted by atomic mass is 19.4. The first-order valence-corrected chi connectivity index (χ1v) is 14.6. The number of nitrogens with one attached hydrogen (secondary N) is 1. The molecule has 3 amide bonds. The molecule has 1 saturated heterocycles. The molecule has 8 nitrogen and oxygen atoms in total. The van der Waals surface area contributed by atoms with Gasteiger partial charge < -0.3 is 19.2 Å². The zero-order valence-electron chi connectivity index (χ0n) is 24.9. The topological polar surface area (TPSA) is 98.1 Å². The van der Waals surface area contributed by atoms with Crippen molar-refractivity contribution < 1.29 is 36.7 Å². The van der Waals surface area contributed by atoms with Crippen LogP contribution >= 0.6 is 0 Å². The molecule has 1 N–H and O–H groups in total. The summed E-state index contributed by atoms with van der Waals surface area (Å²) in [4.78, 5) is 39.6. The van der Waals surface area contributed by atoms with E-state index in [1.54, 1.807) is 31.4 Å². The zero-order valence-corrected chi connectivity index (χ0v) is 24.9. The number of imide groups is 1. The Bertz CT molecular complexity index is 1530. The Labute approximate surface area is 248 Å². The van der Waals surface area contributed by atoms with Gasteiger partial charge in [-0.05, 0) is 61.4 Å². The van der Waals surface area contributed by atoms with Crippen LogP contribution in [-0.2, 0) is 29.4 Å². The standard InChI is InChI=1S/C32H37F3N2O6/c1-5-10-20-18-24-25(32(33,34)35)19-26(38)43-28(24)23(11-6-2)27(20)42-17-9-8-16-37-29(39)31(7-3,36-30(37)40)21-12-14-22(41-4)15-13-21/h12-15,18-19H,5-11,16-17H2,1-4H3,(H,36,40). The molecule has 232 valence electrons. The van der Waals surface area contributed by atoms with Crippen molar-refractivity contribution >= 4 is 22.9 Å². The predicted octanol–water partition coefficient (Wildman–Crippen LogP) is 6.74. The average molecular weight is 603 g/mol. The summed E-state index contributed by atoms with van der Waals surface area (Å²) >= 11 is 0. The molecular formula is C32H37F3N2O6. The van der Waals surface area contributed by atoms with Gasteiger partial charge in [-0.25, -0.2) is 9.59 Å². The summed E-state index contributed by atoms with van der Waals surface area (Å²) in [6, 6.07) is 8.46. The van der Waals surface area contributed by atoms with Gasteiger partial charge in [-0.15, -0.1) is 0 Å². The summed E-state index contributed by atoms with van der Waals surface area (Å²) in [5.74, 6) is 0.743. The fourth-order valence-electron chi connectivity index (χ4n) is 5.64. The third-order valence-corrected chi connectivity index (χ3v) is 7.79. The van der Waals surface area contributed by atoms with Crippen LogP contribution in [0, 0.1) is 0 Å². The van der Waals surface area contributed by atoms with E-state index < -0.39 is 28.9 Å². The molecule has 2 aromatic carbocycles. The molecule has 1 atom stereocenters. The van der Waals surface area contributed by atoms with Crippen LogP contribution < -0.4 is 20.4 Å². The highest BCUT2D eigenvalue weighted by Crippen LogP contribution is 2.40. The van der Waals surface area contributed by atoms with E-state index in [0.717, 1.165) is 0 Å². The summed E-state index contributed by atoms with van der Waals surface area (Å²) in [5, 5.41) is 2.71. The lowest BCUT2D eigenvalue weighted by molar-refractivity contribution is -0.136. The van der Waals surface area contributed by atoms with E-state index in [1.165, 1.54) is 11.0 Å². The highest BCUT2D eigenvalue weighted by molar-refractivity contribution is 6.07. The molecule has 4 rings (SSSR count). The molecule has 0 radical (unpaired) electrons. The molecule has 11 heteroatoms. The van der Waals surface area contributed by atoms with Crippen molar-refractivity contribution in [3.63, 3.8) is 0 Å². The van der Waals surface area contributed by atoms with E-state index in [2.05, 4.69) is 5.32 Å². The minimum absolute atomic E-state index is 0.106. The van der Waals surface area contributed by atoms with Crippen LogP contribution in [0.2, 0.25) is 0 Å². The van der Waals surface area contributed by atoms with Gasteiger partial charge in [0.2, 0.25) is 0 Å². The first-order valence-electron chi connectivity index (χ1n) is 14.6. The maximum absolute atomic E-state index is 13.8. The normalized spacial score (nSPS) is 17.0. The summed E-state index contributed by atoms with van der Waals surface area (Å²) in [7, 11) is 1.55. The Kier molecular flexibility index (Phi) is 9.72. The van der Waals surface area contributed by atoms with Gasteiger partial charge in [-0.1, -0.05) is 45.7 Å². The largest absolute Gasteiger partial charge is 0.497 e. The Hall–Kier alpha value is -4.02. The lowest BCUT2D eigenvalue weighted by Gasteiger charge is -2.26. The molecule has 1 aliphatic heterocycles. The zero-order chi connectivity index (χ0) is 31.4. The van der Waals surface area contributed by atoms with E-state index in [4.69, 9.17) is 13.9 Å². The first kappa shape index (κ1) is 31.9. The number of carbonyl (C=O) groups is 2. The van der Waals surface area contributed by atoms with Crippen molar-refractivity contribution in [2.45, 2.75) is 77.4 Å². The second-order valence-electron chi connectivity index (χ2n) is 10.6. The number of rotatable bonds is 13. The molecule has 1 aromatic heterocycles. The summed E-state index contributed by atoms with van der Waals surface area (Å²) in [6.45, 7) is 6.02. The van der Waals surface area contributed by atoms with Gasteiger partial charge in [0.15, 0.2) is 0 Å². The third kappa shape index (κ3) is 6.35. The molecule has 1 aliphatic rings. The number of halogens is 3. The number of carbonyl (C=O) groups excluding carboxylic acids is 2. The molecule has 0 spiro atoms. The summed E-state index contributed by atoms with van der Waals surface area (Å²) < 4.78 is 58.2. The number of hydrogen-bond donors (Lipinski definition) is 1. The second-order valence-corrected chi connectivity index (χ2v) is 10.6. The van der Waals surface area contributed by atoms with E-state index >= 15 is 0 Å². The molecule has 1 fully saturated rings. The number of amides is 3. The number of fused-ring (bicyclic) bond motifs is 1. The fourth-order valence-corrected chi connectivity index (χ4v) is 5.64. The molecular weight excluding hydrogens is 565 g/mol. The molecule has 0 saturated carbocycles. The summed E-state index contributed by atoms with van der Waals surface area (Å²) in [5.41, 5.74) is -1.64. The van der Waals surface area contributed by atoms with Crippen LogP contribution in [0.5, 0.6) is 11.5 Å². The number of benzene rings is 2. The summed E-state index contributed by atoms with van der Waals surface area (Å²) in [6.07, 6.45) is -1.31. The maximum Gasteiger partial charge on any atom is 0.417 e. The number of ether oxygens (including phenoxy) is 2. The van der Waals surface area contributed by atoms with Crippen molar-refractivity contribution in [3.8, 4) is 11.5 Å². The number of hydrogen-bond acceptors (Lipinski definition) is 6. The van der Waals surface area contributed by atoms with E-state index in [9.17, 15) is 27.6 Å². The number of urea groups is 1. The minimum Gasteiger partial charge on any atom is -0.497 e. The van der Waals surface area contributed by atoms with Crippen LogP contribution in [0.4, 0.5) is 18.0 Å². The highest BCUT2D eigenvalue weighted by Gasteiger charge is 2.50. The van der Waals surface area contributed by atoms with Crippen molar-refractivity contribution in [2.75, 3.05) is 20.3 Å². The minimum atomic E-state index is -4.72. The van der Waals surface area contributed by atoms with Gasteiger partial charge in [0.25, 0.3) is 5.91 Å². The van der Waals surface area contributed by atoms with Gasteiger partial charge in [0.1, 0.15) is 22.6 Å². The van der Waals surface area contributed by atoms with Crippen LogP contribution in [0.15, 0.2) is 45.6 Å². The molecule has 0 bridgehead atoms. The Balaban J connectivity index is 1.51. The van der Waals surface area contributed by atoms with Crippen LogP contribution in [0.1, 0.15) is 75.1 Å². The number of alkyl halides is 3. The number of unbranched alkanes of at least 4 members (excludes halogenated alkanes) is 1. The van der Waals surface area contributed by atoms with Gasteiger partial charge >= 0.3 is 17.8 Å². The predicted molar refractivity (Wildman–Crippen MR) is 155 cm³/mol. The van der Waals surface area contributed by atoms with Gasteiger partial charge in [0, 0.05) is 23.6 Å². The van der Waals surface area contributed by atoms with Gasteiger partial charge in [-0.3, -0.25) is 9.69 Å². The first-order chi connectivity index (χ1) is 20.5. The molecule has 0 aliphatic carbocycles. The van der Waals surface area contributed by atoms with Crippen molar-refractivity contribution in [1.82, 2.24) is 10.2 Å². The third-order valence-electron chi connectivity index (χ3n) is 7.79. The van der Waals surface area contributed by atoms with Crippen LogP contribution in [0.25, 0.3) is 11.0 Å². The van der Waals surface area contributed by atoms with Crippen molar-refractivity contribution in [1.29, 1.82) is 0 Å². The maximum atomic E-state index is 13.8. The van der Waals surface area contributed by atoms with Crippen LogP contribution in [-0.4, -0.2) is 37.1 Å². The smallest absolute Gasteiger partial charge is 0.417 e. The Morgan fingerprint density at radius 3 is 2.28 bits per heavy atom. The van der Waals surface area contributed by atoms with Crippen LogP contribution in [0.3, 0.4) is 0 Å². The molecule has 43 heavy (non-hydrogen) atoms. The Morgan fingerprint density at radius 2 is 1.67 bits per heavy atom. The van der Waals surface area contributed by atoms with Gasteiger partial charge in [0.05, 0.1) is 19.3 Å². The number of nitrogens with zero attached hydrogens (tertiary/aromatic N) is 1. The Morgan fingerprint density at radius 1 is 0.977 bits per heavy atom. The van der Waals surface area contributed by atoms with Crippen molar-refractivity contribution in [3.05, 3.63) is 69.1 Å². The molecule has 3 aromatic rings. The monoisotopic (exact) mass is 602 g/mol. The lowest BCUT2D eigenvalue weighted by atomic mass is 9.87. The number of aryl methyl sites for hydroxylation is 2. The van der Waals surface area contributed by atoms with E-state index in [1.807, 2.05) is 20.8 Å². The van der Waals surface area contributed by atoms with Gasteiger partial charge in [-0.2, -0.15) is 13.2 Å². The van der Waals surface area contributed by atoms with E-state index in [-0.39, 0.29) is 30.0 Å². The average Bonchev–Trinajstić information content (AvgIpc) is 3.22. The van der Waals surface area contributed by atoms with E-state index in [0.29, 0.717) is 79.2 Å². The van der Waals surface area contributed by atoms with Crippen molar-refractivity contribution in [2.24, 2.45) is 0 Å². The quantitative estimate of drug-likeness (QED) is 0.132. The second kappa shape index (κ2) is 13.1. The fraction of sp³-hybridized carbons (Fsp3) is 0.469. The number of methoxy groups -OCH3 is 1. The SMILES string of the molecule is CCCc1cc2c(C(F)(F)F)cc(=O)oc2c(CCC)c1OCCCCN1C(=O)NC(CC)(c2ccc(OC)cc2)C1=O. The molecule has 1 unspecified atom stereocenters. The lowest BCUT2D eigenvalue weighted by Crippen LogP contribution is -2.43.